The molecule has 66 valence electrons. The molecule has 0 aliphatic carbocycles. The predicted molar refractivity (Wildman–Crippen MR) is 37.8 cm³/mol. The van der Waals surface area contributed by atoms with Gasteiger partial charge in [-0.1, -0.05) is 0 Å². The second-order valence-corrected chi connectivity index (χ2v) is 2.07. The fourth-order valence-corrected chi connectivity index (χ4v) is 0.433. The van der Waals surface area contributed by atoms with E-state index in [1.807, 2.05) is 0 Å². The third kappa shape index (κ3) is 4.58. The number of aliphatic hydroxyl groups is 2. The van der Waals surface area contributed by atoms with E-state index in [1.165, 1.54) is 6.92 Å². The van der Waals surface area contributed by atoms with E-state index >= 15 is 0 Å². The lowest BCUT2D eigenvalue weighted by molar-refractivity contribution is -0.0616. The lowest BCUT2D eigenvalue weighted by Crippen LogP contribution is -2.41. The minimum Gasteiger partial charge on any atom is -0.450 e. The fraction of sp³-hybridized carbons (Fsp3) is 0.833. The molecule has 11 heavy (non-hydrogen) atoms. The second kappa shape index (κ2) is 4.92. The molecule has 0 aromatic carbocycles. The topological polar surface area (TPSA) is 78.8 Å². The number of amides is 1. The third-order valence-corrected chi connectivity index (χ3v) is 1.07. The molecule has 0 bridgehead atoms. The van der Waals surface area contributed by atoms with Crippen molar-refractivity contribution >= 4 is 6.09 Å². The largest absolute Gasteiger partial charge is 0.450 e. The van der Waals surface area contributed by atoms with E-state index in [-0.39, 0.29) is 6.61 Å². The molecule has 0 aromatic rings. The van der Waals surface area contributed by atoms with Gasteiger partial charge in [-0.05, 0) is 13.8 Å². The number of alkyl carbamates (subject to hydrolysis) is 1. The number of rotatable bonds is 3. The Labute approximate surface area is 65.0 Å². The van der Waals surface area contributed by atoms with Crippen molar-refractivity contribution in [2.75, 3.05) is 6.61 Å². The van der Waals surface area contributed by atoms with Crippen molar-refractivity contribution in [3.05, 3.63) is 0 Å². The third-order valence-electron chi connectivity index (χ3n) is 1.07. The number of hydrogen-bond donors (Lipinski definition) is 3. The van der Waals surface area contributed by atoms with Gasteiger partial charge in [0.1, 0.15) is 0 Å². The smallest absolute Gasteiger partial charge is 0.407 e. The molecule has 0 aliphatic heterocycles. The van der Waals surface area contributed by atoms with Crippen LogP contribution < -0.4 is 5.32 Å². The van der Waals surface area contributed by atoms with Crippen LogP contribution in [0.5, 0.6) is 0 Å². The first-order valence-corrected chi connectivity index (χ1v) is 3.37. The standard InChI is InChI=1S/C6H13NO4/c1-3-11-6(10)7-4(2)5(8)9/h4-5,8-9H,3H2,1-2H3,(H,7,10). The van der Waals surface area contributed by atoms with Gasteiger partial charge >= 0.3 is 6.09 Å². The molecule has 1 atom stereocenters. The molecule has 0 saturated carbocycles. The summed E-state index contributed by atoms with van der Waals surface area (Å²) in [5, 5.41) is 19.3. The van der Waals surface area contributed by atoms with Crippen molar-refractivity contribution in [3.63, 3.8) is 0 Å². The summed E-state index contributed by atoms with van der Waals surface area (Å²) in [7, 11) is 0. The van der Waals surface area contributed by atoms with Gasteiger partial charge < -0.3 is 20.3 Å². The highest BCUT2D eigenvalue weighted by Gasteiger charge is 2.13. The zero-order chi connectivity index (χ0) is 8.85. The van der Waals surface area contributed by atoms with Gasteiger partial charge in [0.15, 0.2) is 6.29 Å². The Morgan fingerprint density at radius 1 is 1.64 bits per heavy atom. The molecule has 0 spiro atoms. The number of hydrogen-bond acceptors (Lipinski definition) is 4. The molecule has 5 heteroatoms. The van der Waals surface area contributed by atoms with Crippen LogP contribution in [0.2, 0.25) is 0 Å². The van der Waals surface area contributed by atoms with Gasteiger partial charge in [-0.15, -0.1) is 0 Å². The maximum Gasteiger partial charge on any atom is 0.407 e. The summed E-state index contributed by atoms with van der Waals surface area (Å²) in [4.78, 5) is 10.6. The van der Waals surface area contributed by atoms with Crippen LogP contribution in [-0.2, 0) is 4.74 Å². The molecular weight excluding hydrogens is 150 g/mol. The van der Waals surface area contributed by atoms with E-state index in [2.05, 4.69) is 10.1 Å². The minimum atomic E-state index is -1.56. The molecule has 3 N–H and O–H groups in total. The maximum absolute atomic E-state index is 10.6. The van der Waals surface area contributed by atoms with E-state index in [0.29, 0.717) is 0 Å². The van der Waals surface area contributed by atoms with Crippen molar-refractivity contribution in [2.45, 2.75) is 26.2 Å². The molecular formula is C6H13NO4. The number of carbonyl (C=O) groups is 1. The van der Waals surface area contributed by atoms with Crippen molar-refractivity contribution in [3.8, 4) is 0 Å². The first-order valence-electron chi connectivity index (χ1n) is 3.37. The van der Waals surface area contributed by atoms with Gasteiger partial charge in [0.25, 0.3) is 0 Å². The van der Waals surface area contributed by atoms with Gasteiger partial charge in [-0.3, -0.25) is 0 Å². The van der Waals surface area contributed by atoms with E-state index < -0.39 is 18.4 Å². The number of nitrogens with one attached hydrogen (secondary N) is 1. The van der Waals surface area contributed by atoms with Gasteiger partial charge in [0.05, 0.1) is 12.6 Å². The molecule has 0 heterocycles. The summed E-state index contributed by atoms with van der Waals surface area (Å²) in [5.74, 6) is 0. The van der Waals surface area contributed by atoms with Crippen LogP contribution >= 0.6 is 0 Å². The van der Waals surface area contributed by atoms with Crippen molar-refractivity contribution in [1.82, 2.24) is 5.32 Å². The highest BCUT2D eigenvalue weighted by molar-refractivity contribution is 5.67. The Kier molecular flexibility index (Phi) is 4.56. The van der Waals surface area contributed by atoms with Crippen molar-refractivity contribution < 1.29 is 19.7 Å². The summed E-state index contributed by atoms with van der Waals surface area (Å²) in [6.07, 6.45) is -2.20. The lowest BCUT2D eigenvalue weighted by Gasteiger charge is -2.14. The number of aliphatic hydroxyl groups excluding tert-OH is 1. The average Bonchev–Trinajstić information content (AvgIpc) is 1.87. The minimum absolute atomic E-state index is 0.264. The van der Waals surface area contributed by atoms with Gasteiger partial charge in [0.2, 0.25) is 0 Å². The van der Waals surface area contributed by atoms with Crippen LogP contribution in [0.1, 0.15) is 13.8 Å². The molecule has 0 aliphatic rings. The van der Waals surface area contributed by atoms with Crippen molar-refractivity contribution in [2.24, 2.45) is 0 Å². The van der Waals surface area contributed by atoms with Crippen LogP contribution in [0.3, 0.4) is 0 Å². The fourth-order valence-electron chi connectivity index (χ4n) is 0.433. The van der Waals surface area contributed by atoms with Crippen molar-refractivity contribution in [1.29, 1.82) is 0 Å². The number of carbonyl (C=O) groups excluding carboxylic acids is 1. The summed E-state index contributed by atoms with van der Waals surface area (Å²) >= 11 is 0. The second-order valence-electron chi connectivity index (χ2n) is 2.07. The molecule has 1 unspecified atom stereocenters. The Hall–Kier alpha value is -0.810. The molecule has 5 nitrogen and oxygen atoms in total. The van der Waals surface area contributed by atoms with Crippen LogP contribution in [-0.4, -0.2) is 35.2 Å². The maximum atomic E-state index is 10.6. The summed E-state index contributed by atoms with van der Waals surface area (Å²) < 4.78 is 4.49. The van der Waals surface area contributed by atoms with Crippen LogP contribution in [0.25, 0.3) is 0 Å². The monoisotopic (exact) mass is 163 g/mol. The van der Waals surface area contributed by atoms with Crippen LogP contribution in [0.4, 0.5) is 4.79 Å². The first kappa shape index (κ1) is 10.2. The van der Waals surface area contributed by atoms with Crippen LogP contribution in [0.15, 0.2) is 0 Å². The van der Waals surface area contributed by atoms with Gasteiger partial charge in [0, 0.05) is 0 Å². The highest BCUT2D eigenvalue weighted by atomic mass is 16.5. The van der Waals surface area contributed by atoms with Crippen LogP contribution in [0, 0.1) is 0 Å². The Morgan fingerprint density at radius 2 is 2.18 bits per heavy atom. The summed E-state index contributed by atoms with van der Waals surface area (Å²) in [6.45, 7) is 3.39. The zero-order valence-electron chi connectivity index (χ0n) is 6.57. The SMILES string of the molecule is CCOC(=O)NC(C)C(O)O. The van der Waals surface area contributed by atoms with E-state index in [0.717, 1.165) is 0 Å². The Bertz CT molecular complexity index is 126. The Morgan fingerprint density at radius 3 is 2.55 bits per heavy atom. The van der Waals surface area contributed by atoms with E-state index in [1.54, 1.807) is 6.92 Å². The molecule has 0 fully saturated rings. The molecule has 0 radical (unpaired) electrons. The number of ether oxygens (including phenoxy) is 1. The Balaban J connectivity index is 3.57. The van der Waals surface area contributed by atoms with Gasteiger partial charge in [-0.2, -0.15) is 0 Å². The lowest BCUT2D eigenvalue weighted by atomic mass is 10.3. The molecule has 1 amide bonds. The zero-order valence-corrected chi connectivity index (χ0v) is 6.57. The molecule has 0 saturated heterocycles. The molecule has 0 rings (SSSR count). The quantitative estimate of drug-likeness (QED) is 0.487. The van der Waals surface area contributed by atoms with E-state index in [4.69, 9.17) is 10.2 Å². The predicted octanol–water partition coefficient (Wildman–Crippen LogP) is -0.568. The summed E-state index contributed by atoms with van der Waals surface area (Å²) in [6, 6.07) is -0.714. The normalized spacial score (nSPS) is 12.8. The summed E-state index contributed by atoms with van der Waals surface area (Å²) in [5.41, 5.74) is 0. The average molecular weight is 163 g/mol. The highest BCUT2D eigenvalue weighted by Crippen LogP contribution is 1.88. The first-order chi connectivity index (χ1) is 5.07. The van der Waals surface area contributed by atoms with Gasteiger partial charge in [-0.25, -0.2) is 4.79 Å². The van der Waals surface area contributed by atoms with E-state index in [9.17, 15) is 4.79 Å². The molecule has 0 aromatic heterocycles.